The smallest absolute Gasteiger partial charge is 0.341 e. The molecule has 0 amide bonds. The molecule has 1 heterocycles. The Kier molecular flexibility index (Phi) is 4.57. The van der Waals surface area contributed by atoms with Gasteiger partial charge in [0.15, 0.2) is 5.82 Å². The molecule has 0 aliphatic heterocycles. The third kappa shape index (κ3) is 3.08. The first kappa shape index (κ1) is 14.3. The number of hydrogen-bond acceptors (Lipinski definition) is 4. The summed E-state index contributed by atoms with van der Waals surface area (Å²) in [6.07, 6.45) is 2.37. The number of aryl methyl sites for hydroxylation is 1. The topological polar surface area (TPSA) is 77.2 Å². The van der Waals surface area contributed by atoms with E-state index in [0.717, 1.165) is 13.0 Å². The number of aromatic nitrogens is 3. The molecular formula is C13H14ClN3O3. The van der Waals surface area contributed by atoms with E-state index in [1.54, 1.807) is 16.8 Å². The number of carboxylic acids is 1. The lowest BCUT2D eigenvalue weighted by molar-refractivity contribution is 0.0691. The molecule has 1 N–H and O–H groups in total. The SMILES string of the molecule is CCCn1ncnc1COc1cccc(Cl)c1C(=O)O. The Morgan fingerprint density at radius 2 is 2.30 bits per heavy atom. The molecule has 1 aromatic heterocycles. The first-order valence-electron chi connectivity index (χ1n) is 6.14. The van der Waals surface area contributed by atoms with Crippen molar-refractivity contribution in [3.63, 3.8) is 0 Å². The largest absolute Gasteiger partial charge is 0.485 e. The molecule has 106 valence electrons. The molecule has 20 heavy (non-hydrogen) atoms. The van der Waals surface area contributed by atoms with Gasteiger partial charge in [0.1, 0.15) is 24.2 Å². The van der Waals surface area contributed by atoms with Gasteiger partial charge in [0.25, 0.3) is 0 Å². The Bertz CT molecular complexity index is 613. The molecule has 0 unspecified atom stereocenters. The lowest BCUT2D eigenvalue weighted by Gasteiger charge is -2.10. The summed E-state index contributed by atoms with van der Waals surface area (Å²) in [6.45, 7) is 2.91. The van der Waals surface area contributed by atoms with Crippen molar-refractivity contribution in [1.29, 1.82) is 0 Å². The molecule has 1 aromatic carbocycles. The molecule has 0 fully saturated rings. The van der Waals surface area contributed by atoms with Crippen LogP contribution in [0.5, 0.6) is 5.75 Å². The zero-order valence-corrected chi connectivity index (χ0v) is 11.7. The van der Waals surface area contributed by atoms with Gasteiger partial charge >= 0.3 is 5.97 Å². The van der Waals surface area contributed by atoms with Crippen LogP contribution in [0.4, 0.5) is 0 Å². The van der Waals surface area contributed by atoms with Crippen molar-refractivity contribution in [1.82, 2.24) is 14.8 Å². The molecule has 0 radical (unpaired) electrons. The number of halogens is 1. The van der Waals surface area contributed by atoms with Crippen LogP contribution in [0.3, 0.4) is 0 Å². The van der Waals surface area contributed by atoms with Crippen LogP contribution in [-0.2, 0) is 13.2 Å². The summed E-state index contributed by atoms with van der Waals surface area (Å²) in [5.41, 5.74) is -0.0456. The zero-order valence-electron chi connectivity index (χ0n) is 10.9. The minimum Gasteiger partial charge on any atom is -0.485 e. The summed E-state index contributed by atoms with van der Waals surface area (Å²) in [5.74, 6) is -0.264. The van der Waals surface area contributed by atoms with Gasteiger partial charge in [-0.3, -0.25) is 0 Å². The lowest BCUT2D eigenvalue weighted by Crippen LogP contribution is -2.10. The van der Waals surface area contributed by atoms with E-state index in [1.807, 2.05) is 6.92 Å². The maximum Gasteiger partial charge on any atom is 0.341 e. The van der Waals surface area contributed by atoms with E-state index in [1.165, 1.54) is 12.4 Å². The molecule has 0 saturated carbocycles. The molecule has 6 nitrogen and oxygen atoms in total. The number of carboxylic acid groups (broad SMARTS) is 1. The Labute approximate surface area is 121 Å². The summed E-state index contributed by atoms with van der Waals surface area (Å²) >= 11 is 5.87. The second-order valence-electron chi connectivity index (χ2n) is 4.11. The fourth-order valence-corrected chi connectivity index (χ4v) is 2.02. The molecule has 0 spiro atoms. The van der Waals surface area contributed by atoms with Crippen molar-refractivity contribution in [2.75, 3.05) is 0 Å². The molecule has 0 saturated heterocycles. The maximum atomic E-state index is 11.2. The normalized spacial score (nSPS) is 10.5. The quantitative estimate of drug-likeness (QED) is 0.886. The van der Waals surface area contributed by atoms with E-state index in [2.05, 4.69) is 10.1 Å². The van der Waals surface area contributed by atoms with Crippen molar-refractivity contribution >= 4 is 17.6 Å². The third-order valence-corrected chi connectivity index (χ3v) is 2.99. The van der Waals surface area contributed by atoms with Crippen LogP contribution in [0, 0.1) is 0 Å². The number of hydrogen-bond donors (Lipinski definition) is 1. The van der Waals surface area contributed by atoms with Crippen molar-refractivity contribution in [2.45, 2.75) is 26.5 Å². The van der Waals surface area contributed by atoms with Gasteiger partial charge in [0.2, 0.25) is 0 Å². The van der Waals surface area contributed by atoms with Gasteiger partial charge < -0.3 is 9.84 Å². The molecular weight excluding hydrogens is 282 g/mol. The fourth-order valence-electron chi connectivity index (χ4n) is 1.77. The Balaban J connectivity index is 2.17. The minimum absolute atomic E-state index is 0.0456. The predicted molar refractivity (Wildman–Crippen MR) is 73.1 cm³/mol. The van der Waals surface area contributed by atoms with Crippen LogP contribution in [0.25, 0.3) is 0 Å². The molecule has 0 aliphatic rings. The summed E-state index contributed by atoms with van der Waals surface area (Å²) < 4.78 is 7.25. The summed E-state index contributed by atoms with van der Waals surface area (Å²) in [4.78, 5) is 15.3. The number of aromatic carboxylic acids is 1. The second kappa shape index (κ2) is 6.38. The van der Waals surface area contributed by atoms with E-state index in [-0.39, 0.29) is 22.9 Å². The lowest BCUT2D eigenvalue weighted by atomic mass is 10.2. The van der Waals surface area contributed by atoms with Gasteiger partial charge in [-0.15, -0.1) is 0 Å². The Hall–Kier alpha value is -2.08. The van der Waals surface area contributed by atoms with E-state index in [9.17, 15) is 4.79 Å². The average Bonchev–Trinajstić information content (AvgIpc) is 2.84. The molecule has 2 rings (SSSR count). The van der Waals surface area contributed by atoms with Gasteiger partial charge in [-0.1, -0.05) is 24.6 Å². The number of carbonyl (C=O) groups is 1. The van der Waals surface area contributed by atoms with E-state index in [4.69, 9.17) is 21.4 Å². The van der Waals surface area contributed by atoms with Crippen LogP contribution in [0.2, 0.25) is 5.02 Å². The molecule has 0 aliphatic carbocycles. The van der Waals surface area contributed by atoms with Gasteiger partial charge in [0, 0.05) is 6.54 Å². The minimum atomic E-state index is -1.12. The van der Waals surface area contributed by atoms with Gasteiger partial charge in [-0.2, -0.15) is 5.10 Å². The van der Waals surface area contributed by atoms with Crippen molar-refractivity contribution in [3.8, 4) is 5.75 Å². The van der Waals surface area contributed by atoms with Crippen LogP contribution in [0.15, 0.2) is 24.5 Å². The van der Waals surface area contributed by atoms with E-state index in [0.29, 0.717) is 5.82 Å². The van der Waals surface area contributed by atoms with Crippen LogP contribution in [-0.4, -0.2) is 25.8 Å². The summed E-state index contributed by atoms with van der Waals surface area (Å²) in [5, 5.41) is 13.4. The number of benzene rings is 1. The third-order valence-electron chi connectivity index (χ3n) is 2.68. The van der Waals surface area contributed by atoms with Gasteiger partial charge in [-0.05, 0) is 18.6 Å². The maximum absolute atomic E-state index is 11.2. The average molecular weight is 296 g/mol. The predicted octanol–water partition coefficient (Wildman–Crippen LogP) is 2.62. The number of nitrogens with zero attached hydrogens (tertiary/aromatic N) is 3. The molecule has 7 heteroatoms. The van der Waals surface area contributed by atoms with Crippen LogP contribution < -0.4 is 4.74 Å². The van der Waals surface area contributed by atoms with Crippen molar-refractivity contribution in [2.24, 2.45) is 0 Å². The number of rotatable bonds is 6. The highest BCUT2D eigenvalue weighted by Crippen LogP contribution is 2.26. The van der Waals surface area contributed by atoms with Gasteiger partial charge in [0.05, 0.1) is 5.02 Å². The number of ether oxygens (including phenoxy) is 1. The van der Waals surface area contributed by atoms with E-state index < -0.39 is 5.97 Å². The summed E-state index contributed by atoms with van der Waals surface area (Å²) in [7, 11) is 0. The monoisotopic (exact) mass is 295 g/mol. The highest BCUT2D eigenvalue weighted by Gasteiger charge is 2.16. The first-order chi connectivity index (χ1) is 9.63. The Morgan fingerprint density at radius 3 is 3.00 bits per heavy atom. The fraction of sp³-hybridized carbons (Fsp3) is 0.308. The molecule has 0 atom stereocenters. The second-order valence-corrected chi connectivity index (χ2v) is 4.51. The Morgan fingerprint density at radius 1 is 1.50 bits per heavy atom. The zero-order chi connectivity index (χ0) is 14.5. The standard InChI is InChI=1S/C13H14ClN3O3/c1-2-6-17-11(15-8-16-17)7-20-10-5-3-4-9(14)12(10)13(18)19/h3-5,8H,2,6-7H2,1H3,(H,18,19). The van der Waals surface area contributed by atoms with E-state index >= 15 is 0 Å². The van der Waals surface area contributed by atoms with Crippen LogP contribution >= 0.6 is 11.6 Å². The first-order valence-corrected chi connectivity index (χ1v) is 6.52. The summed E-state index contributed by atoms with van der Waals surface area (Å²) in [6, 6.07) is 4.72. The highest BCUT2D eigenvalue weighted by molar-refractivity contribution is 6.33. The van der Waals surface area contributed by atoms with Crippen molar-refractivity contribution in [3.05, 3.63) is 40.9 Å². The highest BCUT2D eigenvalue weighted by atomic mass is 35.5. The van der Waals surface area contributed by atoms with Crippen LogP contribution in [0.1, 0.15) is 29.5 Å². The molecule has 2 aromatic rings. The van der Waals surface area contributed by atoms with Gasteiger partial charge in [-0.25, -0.2) is 14.5 Å². The molecule has 0 bridgehead atoms. The van der Waals surface area contributed by atoms with Crippen molar-refractivity contribution < 1.29 is 14.6 Å².